The van der Waals surface area contributed by atoms with E-state index in [9.17, 15) is 4.79 Å². The number of piperidine rings is 1. The highest BCUT2D eigenvalue weighted by Gasteiger charge is 2.25. The minimum absolute atomic E-state index is 0.145. The molecule has 128 valence electrons. The first kappa shape index (κ1) is 16.1. The molecule has 0 saturated carbocycles. The standard InChI is InChI=1S/C16H21N5O3/c1-23-14-5-3-4-13(15(14)24-2)19-16(22)20-10-6-12(7-11-20)21-17-8-9-18-21/h3-5,8-9,12H,6-7,10-11H2,1-2H3,(H,19,22). The van der Waals surface area contributed by atoms with Crippen LogP contribution in [0.2, 0.25) is 0 Å². The monoisotopic (exact) mass is 331 g/mol. The summed E-state index contributed by atoms with van der Waals surface area (Å²) in [6.45, 7) is 1.31. The van der Waals surface area contributed by atoms with Gasteiger partial charge in [0.1, 0.15) is 0 Å². The zero-order chi connectivity index (χ0) is 16.9. The number of rotatable bonds is 4. The maximum atomic E-state index is 12.5. The second-order valence-electron chi connectivity index (χ2n) is 5.54. The molecule has 24 heavy (non-hydrogen) atoms. The number of nitrogens with zero attached hydrogens (tertiary/aromatic N) is 4. The van der Waals surface area contributed by atoms with Gasteiger partial charge >= 0.3 is 6.03 Å². The van der Waals surface area contributed by atoms with Crippen molar-refractivity contribution < 1.29 is 14.3 Å². The van der Waals surface area contributed by atoms with Crippen LogP contribution in [-0.4, -0.2) is 53.2 Å². The molecule has 1 saturated heterocycles. The number of urea groups is 1. The van der Waals surface area contributed by atoms with Crippen LogP contribution in [0.4, 0.5) is 10.5 Å². The fourth-order valence-corrected chi connectivity index (χ4v) is 2.89. The van der Waals surface area contributed by atoms with E-state index in [1.165, 1.54) is 0 Å². The van der Waals surface area contributed by atoms with E-state index in [4.69, 9.17) is 9.47 Å². The normalized spacial score (nSPS) is 15.2. The molecule has 0 bridgehead atoms. The van der Waals surface area contributed by atoms with Crippen LogP contribution < -0.4 is 14.8 Å². The van der Waals surface area contributed by atoms with Crippen LogP contribution in [0.1, 0.15) is 18.9 Å². The molecule has 1 aliphatic rings. The molecule has 8 nitrogen and oxygen atoms in total. The maximum absolute atomic E-state index is 12.5. The SMILES string of the molecule is COc1cccc(NC(=O)N2CCC(n3nccn3)CC2)c1OC. The van der Waals surface area contributed by atoms with Gasteiger partial charge in [0.2, 0.25) is 0 Å². The second kappa shape index (κ2) is 7.20. The van der Waals surface area contributed by atoms with Gasteiger partial charge in [0, 0.05) is 13.1 Å². The largest absolute Gasteiger partial charge is 0.493 e. The Labute approximate surface area is 140 Å². The van der Waals surface area contributed by atoms with Crippen molar-refractivity contribution in [1.29, 1.82) is 0 Å². The average Bonchev–Trinajstić information content (AvgIpc) is 3.16. The minimum atomic E-state index is -0.145. The van der Waals surface area contributed by atoms with E-state index >= 15 is 0 Å². The number of ether oxygens (including phenoxy) is 2. The Hall–Kier alpha value is -2.77. The van der Waals surface area contributed by atoms with Crippen molar-refractivity contribution >= 4 is 11.7 Å². The lowest BCUT2D eigenvalue weighted by Gasteiger charge is -2.31. The maximum Gasteiger partial charge on any atom is 0.321 e. The van der Waals surface area contributed by atoms with Crippen LogP contribution >= 0.6 is 0 Å². The second-order valence-corrected chi connectivity index (χ2v) is 5.54. The summed E-state index contributed by atoms with van der Waals surface area (Å²) in [7, 11) is 3.12. The smallest absolute Gasteiger partial charge is 0.321 e. The third-order valence-electron chi connectivity index (χ3n) is 4.16. The number of methoxy groups -OCH3 is 2. The number of amides is 2. The van der Waals surface area contributed by atoms with Crippen LogP contribution in [0.3, 0.4) is 0 Å². The van der Waals surface area contributed by atoms with E-state index in [1.807, 2.05) is 6.07 Å². The molecule has 3 rings (SSSR count). The van der Waals surface area contributed by atoms with Gasteiger partial charge in [0.25, 0.3) is 0 Å². The lowest BCUT2D eigenvalue weighted by molar-refractivity contribution is 0.175. The molecule has 8 heteroatoms. The molecule has 2 heterocycles. The lowest BCUT2D eigenvalue weighted by Crippen LogP contribution is -2.41. The molecule has 0 atom stereocenters. The van der Waals surface area contributed by atoms with Gasteiger partial charge in [-0.05, 0) is 25.0 Å². The number of hydrogen-bond donors (Lipinski definition) is 1. The molecule has 1 N–H and O–H groups in total. The summed E-state index contributed by atoms with van der Waals surface area (Å²) >= 11 is 0. The van der Waals surface area contributed by atoms with Gasteiger partial charge in [-0.15, -0.1) is 0 Å². The number of aromatic nitrogens is 3. The van der Waals surface area contributed by atoms with Gasteiger partial charge in [0.15, 0.2) is 11.5 Å². The highest BCUT2D eigenvalue weighted by molar-refractivity contribution is 5.91. The Morgan fingerprint density at radius 3 is 2.50 bits per heavy atom. The van der Waals surface area contributed by atoms with Crippen molar-refractivity contribution in [3.05, 3.63) is 30.6 Å². The van der Waals surface area contributed by atoms with E-state index in [2.05, 4.69) is 15.5 Å². The minimum Gasteiger partial charge on any atom is -0.493 e. The molecule has 1 fully saturated rings. The number of benzene rings is 1. The summed E-state index contributed by atoms with van der Waals surface area (Å²) in [5.41, 5.74) is 0.595. The van der Waals surface area contributed by atoms with Crippen molar-refractivity contribution in [3.8, 4) is 11.5 Å². The Morgan fingerprint density at radius 2 is 1.88 bits per heavy atom. The highest BCUT2D eigenvalue weighted by atomic mass is 16.5. The number of para-hydroxylation sites is 1. The first-order chi connectivity index (χ1) is 11.7. The van der Waals surface area contributed by atoms with Crippen LogP contribution in [0, 0.1) is 0 Å². The molecule has 0 unspecified atom stereocenters. The summed E-state index contributed by atoms with van der Waals surface area (Å²) < 4.78 is 10.6. The first-order valence-corrected chi connectivity index (χ1v) is 7.85. The predicted molar refractivity (Wildman–Crippen MR) is 88.4 cm³/mol. The number of carbonyl (C=O) groups excluding carboxylic acids is 1. The Kier molecular flexibility index (Phi) is 4.83. The Bertz CT molecular complexity index is 681. The van der Waals surface area contributed by atoms with Crippen molar-refractivity contribution in [3.63, 3.8) is 0 Å². The van der Waals surface area contributed by atoms with Crippen molar-refractivity contribution in [2.24, 2.45) is 0 Å². The third kappa shape index (κ3) is 3.27. The van der Waals surface area contributed by atoms with Crippen LogP contribution in [0.15, 0.2) is 30.6 Å². The lowest BCUT2D eigenvalue weighted by atomic mass is 10.1. The summed E-state index contributed by atoms with van der Waals surface area (Å²) in [6.07, 6.45) is 5.01. The molecule has 0 spiro atoms. The van der Waals surface area contributed by atoms with E-state index in [1.54, 1.807) is 48.4 Å². The number of carbonyl (C=O) groups is 1. The highest BCUT2D eigenvalue weighted by Crippen LogP contribution is 2.35. The van der Waals surface area contributed by atoms with Gasteiger partial charge < -0.3 is 19.7 Å². The van der Waals surface area contributed by atoms with Crippen molar-refractivity contribution in [2.45, 2.75) is 18.9 Å². The number of likely N-dealkylation sites (tertiary alicyclic amines) is 1. The summed E-state index contributed by atoms with van der Waals surface area (Å²) in [6, 6.07) is 5.49. The summed E-state index contributed by atoms with van der Waals surface area (Å²) in [4.78, 5) is 16.0. The third-order valence-corrected chi connectivity index (χ3v) is 4.16. The first-order valence-electron chi connectivity index (χ1n) is 7.85. The molecule has 0 radical (unpaired) electrons. The Morgan fingerprint density at radius 1 is 1.17 bits per heavy atom. The van der Waals surface area contributed by atoms with Crippen LogP contribution in [0.5, 0.6) is 11.5 Å². The molecule has 1 aliphatic heterocycles. The van der Waals surface area contributed by atoms with Gasteiger partial charge in [-0.1, -0.05) is 6.07 Å². The van der Waals surface area contributed by atoms with Gasteiger partial charge in [-0.3, -0.25) is 0 Å². The molecule has 2 aromatic rings. The van der Waals surface area contributed by atoms with E-state index in [-0.39, 0.29) is 12.1 Å². The predicted octanol–water partition coefficient (Wildman–Crippen LogP) is 2.16. The van der Waals surface area contributed by atoms with Crippen molar-refractivity contribution in [1.82, 2.24) is 19.9 Å². The molecule has 1 aromatic carbocycles. The molecule has 0 aliphatic carbocycles. The van der Waals surface area contributed by atoms with Gasteiger partial charge in [-0.25, -0.2) is 4.79 Å². The number of nitrogens with one attached hydrogen (secondary N) is 1. The van der Waals surface area contributed by atoms with Gasteiger partial charge in [-0.2, -0.15) is 15.0 Å². The molecular weight excluding hydrogens is 310 g/mol. The Balaban J connectivity index is 1.62. The average molecular weight is 331 g/mol. The fourth-order valence-electron chi connectivity index (χ4n) is 2.89. The number of hydrogen-bond acceptors (Lipinski definition) is 5. The quantitative estimate of drug-likeness (QED) is 0.928. The zero-order valence-corrected chi connectivity index (χ0v) is 13.8. The van der Waals surface area contributed by atoms with Gasteiger partial charge in [0.05, 0.1) is 38.3 Å². The molecule has 1 aromatic heterocycles. The number of anilines is 1. The molecular formula is C16H21N5O3. The van der Waals surface area contributed by atoms with Crippen LogP contribution in [0.25, 0.3) is 0 Å². The van der Waals surface area contributed by atoms with E-state index in [0.29, 0.717) is 30.3 Å². The zero-order valence-electron chi connectivity index (χ0n) is 13.8. The van der Waals surface area contributed by atoms with E-state index < -0.39 is 0 Å². The topological polar surface area (TPSA) is 81.5 Å². The summed E-state index contributed by atoms with van der Waals surface area (Å²) in [5.74, 6) is 1.10. The van der Waals surface area contributed by atoms with Crippen LogP contribution in [-0.2, 0) is 0 Å². The summed E-state index contributed by atoms with van der Waals surface area (Å²) in [5, 5.41) is 11.3. The van der Waals surface area contributed by atoms with Crippen molar-refractivity contribution in [2.75, 3.05) is 32.6 Å². The van der Waals surface area contributed by atoms with E-state index in [0.717, 1.165) is 12.8 Å². The molecule has 2 amide bonds. The fraction of sp³-hybridized carbons (Fsp3) is 0.438.